The highest BCUT2D eigenvalue weighted by molar-refractivity contribution is 8.00. The molecule has 3 rings (SSSR count). The van der Waals surface area contributed by atoms with Gasteiger partial charge >= 0.3 is 0 Å². The molecule has 2 nitrogen and oxygen atoms in total. The van der Waals surface area contributed by atoms with E-state index in [4.69, 9.17) is 4.74 Å². The van der Waals surface area contributed by atoms with Crippen LogP contribution in [0, 0.1) is 0 Å². The summed E-state index contributed by atoms with van der Waals surface area (Å²) in [4.78, 5) is 0. The van der Waals surface area contributed by atoms with E-state index >= 15 is 0 Å². The second kappa shape index (κ2) is 6.62. The highest BCUT2D eigenvalue weighted by Gasteiger charge is 2.33. The van der Waals surface area contributed by atoms with Crippen molar-refractivity contribution in [3.63, 3.8) is 0 Å². The molecular weight excluding hydrogens is 278 g/mol. The van der Waals surface area contributed by atoms with E-state index in [1.165, 1.54) is 56.1 Å². The highest BCUT2D eigenvalue weighted by Crippen LogP contribution is 2.41. The van der Waals surface area contributed by atoms with Gasteiger partial charge < -0.3 is 10.1 Å². The molecule has 0 radical (unpaired) electrons. The third-order valence-corrected chi connectivity index (χ3v) is 6.70. The minimum atomic E-state index is 0.483. The van der Waals surface area contributed by atoms with Crippen molar-refractivity contribution >= 4 is 11.8 Å². The molecule has 1 atom stereocenters. The van der Waals surface area contributed by atoms with E-state index < -0.39 is 0 Å². The lowest BCUT2D eigenvalue weighted by atomic mass is 9.87. The summed E-state index contributed by atoms with van der Waals surface area (Å²) in [6, 6.07) is 7.10. The SMILES string of the molecule is COc1ccc2c(c1)C(NCC1(SC)CCCC1)CCC2. The van der Waals surface area contributed by atoms with Gasteiger partial charge in [-0.25, -0.2) is 0 Å². The molecule has 3 heteroatoms. The van der Waals surface area contributed by atoms with Gasteiger partial charge in [0.2, 0.25) is 0 Å². The molecule has 1 aromatic rings. The molecule has 0 bridgehead atoms. The zero-order valence-electron chi connectivity index (χ0n) is 13.3. The Morgan fingerprint density at radius 3 is 2.81 bits per heavy atom. The van der Waals surface area contributed by atoms with Crippen LogP contribution >= 0.6 is 11.8 Å². The molecule has 0 heterocycles. The third-order valence-electron chi connectivity index (χ3n) is 5.29. The quantitative estimate of drug-likeness (QED) is 0.874. The topological polar surface area (TPSA) is 21.3 Å². The number of methoxy groups -OCH3 is 1. The van der Waals surface area contributed by atoms with Crippen LogP contribution in [0.1, 0.15) is 55.7 Å². The molecule has 2 aliphatic rings. The van der Waals surface area contributed by atoms with Crippen molar-refractivity contribution in [1.29, 1.82) is 0 Å². The van der Waals surface area contributed by atoms with Crippen LogP contribution in [0.4, 0.5) is 0 Å². The van der Waals surface area contributed by atoms with Gasteiger partial charge in [-0.2, -0.15) is 11.8 Å². The number of rotatable bonds is 5. The number of fused-ring (bicyclic) bond motifs is 1. The van der Waals surface area contributed by atoms with Crippen LogP contribution < -0.4 is 10.1 Å². The molecule has 0 saturated heterocycles. The molecule has 1 unspecified atom stereocenters. The van der Waals surface area contributed by atoms with Crippen molar-refractivity contribution in [1.82, 2.24) is 5.32 Å². The van der Waals surface area contributed by atoms with Gasteiger partial charge in [0.05, 0.1) is 7.11 Å². The van der Waals surface area contributed by atoms with Gasteiger partial charge in [0.15, 0.2) is 0 Å². The van der Waals surface area contributed by atoms with Gasteiger partial charge in [-0.1, -0.05) is 18.9 Å². The van der Waals surface area contributed by atoms with Gasteiger partial charge in [-0.05, 0) is 61.6 Å². The molecule has 1 fully saturated rings. The normalized spacial score (nSPS) is 23.8. The molecule has 2 aliphatic carbocycles. The predicted octanol–water partition coefficient (Wildman–Crippen LogP) is 4.34. The van der Waals surface area contributed by atoms with Gasteiger partial charge in [0, 0.05) is 17.3 Å². The van der Waals surface area contributed by atoms with E-state index in [0.717, 1.165) is 12.3 Å². The molecule has 116 valence electrons. The van der Waals surface area contributed by atoms with Crippen LogP contribution in [0.2, 0.25) is 0 Å². The van der Waals surface area contributed by atoms with E-state index in [-0.39, 0.29) is 0 Å². The first kappa shape index (κ1) is 15.2. The zero-order chi connectivity index (χ0) is 14.7. The first-order valence-electron chi connectivity index (χ1n) is 8.22. The Kier molecular flexibility index (Phi) is 4.80. The molecule has 0 amide bonds. The van der Waals surface area contributed by atoms with Gasteiger partial charge in [0.1, 0.15) is 5.75 Å². The van der Waals surface area contributed by atoms with Crippen molar-refractivity contribution in [3.05, 3.63) is 29.3 Å². The second-order valence-corrected chi connectivity index (χ2v) is 7.76. The maximum Gasteiger partial charge on any atom is 0.119 e. The fraction of sp³-hybridized carbons (Fsp3) is 0.667. The highest BCUT2D eigenvalue weighted by atomic mass is 32.2. The molecule has 0 aliphatic heterocycles. The van der Waals surface area contributed by atoms with Crippen LogP contribution in [0.3, 0.4) is 0 Å². The van der Waals surface area contributed by atoms with Crippen LogP contribution in [0.25, 0.3) is 0 Å². The largest absolute Gasteiger partial charge is 0.497 e. The number of nitrogens with one attached hydrogen (secondary N) is 1. The van der Waals surface area contributed by atoms with Crippen LogP contribution in [-0.2, 0) is 6.42 Å². The maximum atomic E-state index is 5.42. The Morgan fingerprint density at radius 2 is 2.10 bits per heavy atom. The molecule has 1 N–H and O–H groups in total. The first-order chi connectivity index (χ1) is 10.3. The van der Waals surface area contributed by atoms with Crippen molar-refractivity contribution in [2.24, 2.45) is 0 Å². The van der Waals surface area contributed by atoms with Gasteiger partial charge in [0.25, 0.3) is 0 Å². The molecular formula is C18H27NOS. The van der Waals surface area contributed by atoms with E-state index in [9.17, 15) is 0 Å². The summed E-state index contributed by atoms with van der Waals surface area (Å²) < 4.78 is 5.90. The van der Waals surface area contributed by atoms with Crippen LogP contribution in [0.15, 0.2) is 18.2 Å². The second-order valence-electron chi connectivity index (χ2n) is 6.48. The van der Waals surface area contributed by atoms with E-state index in [0.29, 0.717) is 10.8 Å². The average Bonchev–Trinajstić information content (AvgIpc) is 3.02. The lowest BCUT2D eigenvalue weighted by Crippen LogP contribution is -2.38. The smallest absolute Gasteiger partial charge is 0.119 e. The molecule has 1 saturated carbocycles. The summed E-state index contributed by atoms with van der Waals surface area (Å²) in [6.45, 7) is 1.15. The lowest BCUT2D eigenvalue weighted by Gasteiger charge is -2.33. The minimum Gasteiger partial charge on any atom is -0.497 e. The number of benzene rings is 1. The maximum absolute atomic E-state index is 5.42. The zero-order valence-corrected chi connectivity index (χ0v) is 14.1. The standard InChI is InChI=1S/C18H27NOS/c1-20-15-9-8-14-6-5-7-17(16(14)12-15)19-13-18(21-2)10-3-4-11-18/h8-9,12,17,19H,3-7,10-11,13H2,1-2H3. The fourth-order valence-corrected chi connectivity index (χ4v) is 4.82. The predicted molar refractivity (Wildman–Crippen MR) is 91.4 cm³/mol. The minimum absolute atomic E-state index is 0.483. The Labute approximate surface area is 133 Å². The summed E-state index contributed by atoms with van der Waals surface area (Å²) in [7, 11) is 1.76. The van der Waals surface area contributed by atoms with Crippen molar-refractivity contribution in [2.75, 3.05) is 19.9 Å². The first-order valence-corrected chi connectivity index (χ1v) is 9.44. The third kappa shape index (κ3) is 3.24. The van der Waals surface area contributed by atoms with Gasteiger partial charge in [-0.15, -0.1) is 0 Å². The van der Waals surface area contributed by atoms with Gasteiger partial charge in [-0.3, -0.25) is 0 Å². The number of hydrogen-bond acceptors (Lipinski definition) is 3. The van der Waals surface area contributed by atoms with Crippen LogP contribution in [0.5, 0.6) is 5.75 Å². The Bertz CT molecular complexity index is 482. The number of ether oxygens (including phenoxy) is 1. The molecule has 0 aromatic heterocycles. The summed E-state index contributed by atoms with van der Waals surface area (Å²) in [5.74, 6) is 0.989. The van der Waals surface area contributed by atoms with E-state index in [2.05, 4.69) is 41.5 Å². The lowest BCUT2D eigenvalue weighted by molar-refractivity contribution is 0.403. The number of thioether (sulfide) groups is 1. The van der Waals surface area contributed by atoms with Crippen LogP contribution in [-0.4, -0.2) is 24.7 Å². The van der Waals surface area contributed by atoms with Crippen molar-refractivity contribution in [2.45, 2.75) is 55.7 Å². The number of aryl methyl sites for hydroxylation is 1. The molecule has 21 heavy (non-hydrogen) atoms. The monoisotopic (exact) mass is 305 g/mol. The summed E-state index contributed by atoms with van der Waals surface area (Å²) in [5, 5.41) is 3.89. The Hall–Kier alpha value is -0.670. The summed E-state index contributed by atoms with van der Waals surface area (Å²) in [6.07, 6.45) is 11.6. The number of hydrogen-bond donors (Lipinski definition) is 1. The Morgan fingerprint density at radius 1 is 1.29 bits per heavy atom. The summed E-state index contributed by atoms with van der Waals surface area (Å²) in [5.41, 5.74) is 2.97. The van der Waals surface area contributed by atoms with Crippen molar-refractivity contribution < 1.29 is 4.74 Å². The average molecular weight is 305 g/mol. The van der Waals surface area contributed by atoms with E-state index in [1.54, 1.807) is 7.11 Å². The molecule has 0 spiro atoms. The fourth-order valence-electron chi connectivity index (χ4n) is 3.90. The van der Waals surface area contributed by atoms with Crippen molar-refractivity contribution in [3.8, 4) is 5.75 Å². The van der Waals surface area contributed by atoms with E-state index in [1.807, 2.05) is 0 Å². The Balaban J connectivity index is 1.72. The molecule has 1 aromatic carbocycles. The summed E-state index contributed by atoms with van der Waals surface area (Å²) >= 11 is 2.07.